The van der Waals surface area contributed by atoms with Crippen LogP contribution in [0.2, 0.25) is 10.0 Å². The van der Waals surface area contributed by atoms with Crippen LogP contribution in [0.3, 0.4) is 0 Å². The van der Waals surface area contributed by atoms with E-state index in [0.717, 1.165) is 5.56 Å². The fraction of sp³-hybridized carbons (Fsp3) is 0.167. The Bertz CT molecular complexity index is 1350. The lowest BCUT2D eigenvalue weighted by Crippen LogP contribution is -2.11. The first-order valence-corrected chi connectivity index (χ1v) is 12.1. The van der Waals surface area contributed by atoms with Crippen molar-refractivity contribution in [2.75, 3.05) is 6.54 Å². The molecule has 3 aromatic carbocycles. The number of ether oxygens (including phenoxy) is 1. The highest BCUT2D eigenvalue weighted by atomic mass is 35.5. The highest BCUT2D eigenvalue weighted by Crippen LogP contribution is 2.38. The molecule has 7 nitrogen and oxygen atoms in total. The van der Waals surface area contributed by atoms with Gasteiger partial charge in [0.2, 0.25) is 6.54 Å². The van der Waals surface area contributed by atoms with Crippen molar-refractivity contribution in [3.8, 4) is 11.4 Å². The number of nitrogens with zero attached hydrogens (tertiary/aromatic N) is 4. The average Bonchev–Trinajstić information content (AvgIpc) is 3.19. The van der Waals surface area contributed by atoms with Gasteiger partial charge in [0.05, 0.1) is 5.02 Å². The second kappa shape index (κ2) is 11.1. The fourth-order valence-corrected chi connectivity index (χ4v) is 4.98. The van der Waals surface area contributed by atoms with Crippen LogP contribution in [-0.4, -0.2) is 26.2 Å². The number of hydrogen-bond acceptors (Lipinski definition) is 6. The van der Waals surface area contributed by atoms with Gasteiger partial charge in [0.25, 0.3) is 0 Å². The minimum atomic E-state index is -0.608. The van der Waals surface area contributed by atoms with Crippen molar-refractivity contribution in [2.24, 2.45) is 0 Å². The van der Waals surface area contributed by atoms with E-state index in [4.69, 9.17) is 27.9 Å². The highest BCUT2D eigenvalue weighted by molar-refractivity contribution is 7.99. The Labute approximate surface area is 215 Å². The molecular formula is C24H19Cl2FN4O3S. The van der Waals surface area contributed by atoms with E-state index >= 15 is 0 Å². The monoisotopic (exact) mass is 532 g/mol. The van der Waals surface area contributed by atoms with E-state index in [0.29, 0.717) is 38.0 Å². The van der Waals surface area contributed by atoms with E-state index in [1.54, 1.807) is 47.9 Å². The maximum Gasteiger partial charge on any atom is 0.220 e. The van der Waals surface area contributed by atoms with Crippen molar-refractivity contribution in [1.29, 1.82) is 0 Å². The number of aryl methyl sites for hydroxylation is 1. The second-order valence-corrected chi connectivity index (χ2v) is 9.52. The summed E-state index contributed by atoms with van der Waals surface area (Å²) in [6.07, 6.45) is 0. The molecule has 4 rings (SSSR count). The van der Waals surface area contributed by atoms with Gasteiger partial charge in [-0.05, 0) is 55.0 Å². The number of benzene rings is 3. The zero-order chi connectivity index (χ0) is 24.9. The normalized spacial score (nSPS) is 11.9. The Kier molecular flexibility index (Phi) is 7.90. The van der Waals surface area contributed by atoms with Gasteiger partial charge in [0.1, 0.15) is 29.2 Å². The lowest BCUT2D eigenvalue weighted by Gasteiger charge is -2.16. The SMILES string of the molecule is Cc1nnc(S[C@H](C[N+](=O)[O-])c2ccc(OCc3ccccc3Cl)c(Cl)c2)n1-c1ccc(F)cc1. The van der Waals surface area contributed by atoms with Gasteiger partial charge in [0, 0.05) is 21.2 Å². The van der Waals surface area contributed by atoms with Crippen LogP contribution in [0, 0.1) is 22.9 Å². The lowest BCUT2D eigenvalue weighted by molar-refractivity contribution is -0.479. The Morgan fingerprint density at radius 3 is 2.51 bits per heavy atom. The molecule has 0 fully saturated rings. The molecule has 0 aliphatic carbocycles. The third kappa shape index (κ3) is 6.11. The number of nitro groups is 1. The molecule has 1 heterocycles. The van der Waals surface area contributed by atoms with Crippen LogP contribution in [0.15, 0.2) is 71.9 Å². The summed E-state index contributed by atoms with van der Waals surface area (Å²) in [4.78, 5) is 11.1. The highest BCUT2D eigenvalue weighted by Gasteiger charge is 2.24. The van der Waals surface area contributed by atoms with Gasteiger partial charge < -0.3 is 4.74 Å². The molecule has 4 aromatic rings. The number of halogens is 3. The Morgan fingerprint density at radius 2 is 1.83 bits per heavy atom. The molecule has 0 amide bonds. The standard InChI is InChI=1S/C24H19Cl2FN4O3S/c1-15-28-29-24(31(15)19-9-7-18(27)8-10-19)35-23(13-30(32)33)16-6-11-22(21(26)12-16)34-14-17-4-2-3-5-20(17)25/h2-12,23H,13-14H2,1H3/t23-/m1/s1. The molecule has 0 saturated heterocycles. The third-order valence-electron chi connectivity index (χ3n) is 5.11. The van der Waals surface area contributed by atoms with Crippen LogP contribution in [-0.2, 0) is 6.61 Å². The number of hydrogen-bond donors (Lipinski definition) is 0. The zero-order valence-electron chi connectivity index (χ0n) is 18.4. The average molecular weight is 533 g/mol. The molecule has 11 heteroatoms. The first-order valence-electron chi connectivity index (χ1n) is 10.4. The predicted octanol–water partition coefficient (Wildman–Crippen LogP) is 6.71. The van der Waals surface area contributed by atoms with E-state index < -0.39 is 10.2 Å². The van der Waals surface area contributed by atoms with Crippen LogP contribution < -0.4 is 4.74 Å². The van der Waals surface area contributed by atoms with Crippen molar-refractivity contribution in [1.82, 2.24) is 14.8 Å². The molecule has 0 aliphatic heterocycles. The van der Waals surface area contributed by atoms with Gasteiger partial charge in [-0.2, -0.15) is 0 Å². The molecule has 0 N–H and O–H groups in total. The van der Waals surface area contributed by atoms with Gasteiger partial charge in [-0.25, -0.2) is 4.39 Å². The van der Waals surface area contributed by atoms with Crippen LogP contribution in [0.25, 0.3) is 5.69 Å². The summed E-state index contributed by atoms with van der Waals surface area (Å²) in [6.45, 7) is 1.62. The number of rotatable bonds is 9. The molecular weight excluding hydrogens is 514 g/mol. The number of aromatic nitrogens is 3. The van der Waals surface area contributed by atoms with Crippen LogP contribution in [0.5, 0.6) is 5.75 Å². The van der Waals surface area contributed by atoms with Crippen molar-refractivity contribution >= 4 is 35.0 Å². The first-order chi connectivity index (χ1) is 16.8. The largest absolute Gasteiger partial charge is 0.487 e. The van der Waals surface area contributed by atoms with Crippen molar-refractivity contribution in [3.63, 3.8) is 0 Å². The summed E-state index contributed by atoms with van der Waals surface area (Å²) in [5, 5.41) is 20.5. The van der Waals surface area contributed by atoms with Crippen LogP contribution in [0.1, 0.15) is 22.2 Å². The van der Waals surface area contributed by atoms with Gasteiger partial charge in [-0.1, -0.05) is 59.2 Å². The van der Waals surface area contributed by atoms with Crippen molar-refractivity contribution < 1.29 is 14.1 Å². The Hall–Kier alpha value is -3.14. The minimum absolute atomic E-state index is 0.228. The van der Waals surface area contributed by atoms with Gasteiger partial charge in [0.15, 0.2) is 5.16 Å². The van der Waals surface area contributed by atoms with Gasteiger partial charge >= 0.3 is 0 Å². The van der Waals surface area contributed by atoms with Crippen LogP contribution >= 0.6 is 35.0 Å². The molecule has 1 aromatic heterocycles. The first kappa shape index (κ1) is 25.0. The van der Waals surface area contributed by atoms with Crippen LogP contribution in [0.4, 0.5) is 4.39 Å². The molecule has 35 heavy (non-hydrogen) atoms. The summed E-state index contributed by atoms with van der Waals surface area (Å²) in [5.74, 6) is 0.636. The Balaban J connectivity index is 1.58. The van der Waals surface area contributed by atoms with Crippen molar-refractivity contribution in [3.05, 3.63) is 110 Å². The lowest BCUT2D eigenvalue weighted by atomic mass is 10.1. The van der Waals surface area contributed by atoms with E-state index in [9.17, 15) is 14.5 Å². The maximum atomic E-state index is 13.4. The molecule has 0 aliphatic rings. The summed E-state index contributed by atoms with van der Waals surface area (Å²) < 4.78 is 20.9. The fourth-order valence-electron chi connectivity index (χ4n) is 3.39. The summed E-state index contributed by atoms with van der Waals surface area (Å²) in [5.41, 5.74) is 2.09. The molecule has 0 saturated carbocycles. The van der Waals surface area contributed by atoms with E-state index in [2.05, 4.69) is 10.2 Å². The summed E-state index contributed by atoms with van der Waals surface area (Å²) >= 11 is 13.8. The Morgan fingerprint density at radius 1 is 1.09 bits per heavy atom. The van der Waals surface area contributed by atoms with E-state index in [1.807, 2.05) is 18.2 Å². The number of thioether (sulfide) groups is 1. The molecule has 1 atom stereocenters. The molecule has 0 spiro atoms. The van der Waals surface area contributed by atoms with E-state index in [1.165, 1.54) is 23.9 Å². The predicted molar refractivity (Wildman–Crippen MR) is 134 cm³/mol. The molecule has 0 radical (unpaired) electrons. The maximum absolute atomic E-state index is 13.4. The van der Waals surface area contributed by atoms with E-state index in [-0.39, 0.29) is 19.0 Å². The quantitative estimate of drug-likeness (QED) is 0.135. The molecule has 0 unspecified atom stereocenters. The molecule has 180 valence electrons. The van der Waals surface area contributed by atoms with Gasteiger partial charge in [-0.3, -0.25) is 14.7 Å². The summed E-state index contributed by atoms with van der Waals surface area (Å²) in [7, 11) is 0. The third-order valence-corrected chi connectivity index (χ3v) is 6.96. The topological polar surface area (TPSA) is 83.1 Å². The zero-order valence-corrected chi connectivity index (χ0v) is 20.7. The second-order valence-electron chi connectivity index (χ2n) is 7.53. The van der Waals surface area contributed by atoms with Crippen molar-refractivity contribution in [2.45, 2.75) is 23.9 Å². The smallest absolute Gasteiger partial charge is 0.220 e. The summed E-state index contributed by atoms with van der Waals surface area (Å²) in [6, 6.07) is 18.2. The van der Waals surface area contributed by atoms with Gasteiger partial charge in [-0.15, -0.1) is 10.2 Å². The molecule has 0 bridgehead atoms. The minimum Gasteiger partial charge on any atom is -0.487 e.